The van der Waals surface area contributed by atoms with Crippen LogP contribution in [0.25, 0.3) is 10.1 Å². The maximum absolute atomic E-state index is 10.5. The molecule has 3 rings (SSSR count). The molecular formula is C20H31IN4OS. The maximum Gasteiger partial charge on any atom is 0.191 e. The molecule has 0 aliphatic heterocycles. The van der Waals surface area contributed by atoms with E-state index in [1.54, 1.807) is 11.3 Å². The summed E-state index contributed by atoms with van der Waals surface area (Å²) >= 11 is 1.65. The first-order chi connectivity index (χ1) is 12.6. The molecule has 1 aromatic heterocycles. The number of halogens is 1. The number of nitrogens with one attached hydrogen (secondary N) is 2. The number of fused-ring (bicyclic) bond motifs is 1. The first-order valence-corrected chi connectivity index (χ1v) is 10.3. The number of aliphatic hydroxyl groups excluding tert-OH is 1. The Hall–Kier alpha value is -0.900. The van der Waals surface area contributed by atoms with E-state index in [0.717, 1.165) is 30.0 Å². The van der Waals surface area contributed by atoms with Gasteiger partial charge in [-0.15, -0.1) is 35.3 Å². The third-order valence-electron chi connectivity index (χ3n) is 4.91. The average Bonchev–Trinajstić information content (AvgIpc) is 3.40. The van der Waals surface area contributed by atoms with Crippen LogP contribution in [0.2, 0.25) is 0 Å². The molecule has 2 unspecified atom stereocenters. The molecule has 3 N–H and O–H groups in total. The SMILES string of the molecule is CCNC(=NCC(C)N(C)C1CC1)NCC(O)c1cc2ccccc2s1.I. The maximum atomic E-state index is 10.5. The molecule has 150 valence electrons. The number of guanidine groups is 1. The van der Waals surface area contributed by atoms with Crippen molar-refractivity contribution in [1.82, 2.24) is 15.5 Å². The highest BCUT2D eigenvalue weighted by atomic mass is 127. The van der Waals surface area contributed by atoms with E-state index in [1.807, 2.05) is 12.1 Å². The Bertz CT molecular complexity index is 713. The quantitative estimate of drug-likeness (QED) is 0.294. The lowest BCUT2D eigenvalue weighted by molar-refractivity contribution is 0.184. The van der Waals surface area contributed by atoms with Crippen molar-refractivity contribution in [2.45, 2.75) is 44.9 Å². The minimum Gasteiger partial charge on any atom is -0.386 e. The minimum absolute atomic E-state index is 0. The lowest BCUT2D eigenvalue weighted by atomic mass is 10.2. The molecule has 0 radical (unpaired) electrons. The fourth-order valence-corrected chi connectivity index (χ4v) is 4.05. The molecule has 0 saturated heterocycles. The number of thiophene rings is 1. The highest BCUT2D eigenvalue weighted by molar-refractivity contribution is 14.0. The number of aliphatic hydroxyl groups is 1. The first-order valence-electron chi connectivity index (χ1n) is 9.49. The zero-order valence-electron chi connectivity index (χ0n) is 16.3. The van der Waals surface area contributed by atoms with Gasteiger partial charge in [0.05, 0.1) is 6.54 Å². The van der Waals surface area contributed by atoms with Gasteiger partial charge in [-0.2, -0.15) is 0 Å². The molecule has 5 nitrogen and oxygen atoms in total. The van der Waals surface area contributed by atoms with E-state index in [0.29, 0.717) is 12.6 Å². The van der Waals surface area contributed by atoms with Gasteiger partial charge in [0, 0.05) is 34.8 Å². The van der Waals surface area contributed by atoms with E-state index >= 15 is 0 Å². The molecule has 0 bridgehead atoms. The molecule has 2 atom stereocenters. The fourth-order valence-electron chi connectivity index (χ4n) is 3.00. The summed E-state index contributed by atoms with van der Waals surface area (Å²) in [6, 6.07) is 11.5. The number of nitrogens with zero attached hydrogens (tertiary/aromatic N) is 2. The van der Waals surface area contributed by atoms with Gasteiger partial charge in [0.25, 0.3) is 0 Å². The molecule has 1 aromatic carbocycles. The second kappa shape index (κ2) is 10.6. The zero-order valence-corrected chi connectivity index (χ0v) is 19.5. The van der Waals surface area contributed by atoms with E-state index in [4.69, 9.17) is 4.99 Å². The summed E-state index contributed by atoms with van der Waals surface area (Å²) in [5.41, 5.74) is 0. The molecule has 0 amide bonds. The average molecular weight is 502 g/mol. The number of likely N-dealkylation sites (N-methyl/N-ethyl adjacent to an activating group) is 1. The lowest BCUT2D eigenvalue weighted by Crippen LogP contribution is -2.41. The summed E-state index contributed by atoms with van der Waals surface area (Å²) in [6.45, 7) is 6.28. The van der Waals surface area contributed by atoms with Gasteiger partial charge in [0.2, 0.25) is 0 Å². The van der Waals surface area contributed by atoms with Crippen LogP contribution in [0.3, 0.4) is 0 Å². The van der Waals surface area contributed by atoms with Crippen molar-refractivity contribution in [2.75, 3.05) is 26.7 Å². The van der Waals surface area contributed by atoms with Crippen LogP contribution in [0.15, 0.2) is 35.3 Å². The third-order valence-corrected chi connectivity index (χ3v) is 6.13. The first kappa shape index (κ1) is 22.4. The minimum atomic E-state index is -0.539. The van der Waals surface area contributed by atoms with Crippen LogP contribution in [0.5, 0.6) is 0 Å². The van der Waals surface area contributed by atoms with E-state index in [2.05, 4.69) is 54.6 Å². The van der Waals surface area contributed by atoms with Crippen LogP contribution in [-0.4, -0.2) is 54.7 Å². The van der Waals surface area contributed by atoms with Crippen LogP contribution in [0.4, 0.5) is 0 Å². The molecule has 0 spiro atoms. The topological polar surface area (TPSA) is 59.9 Å². The molecule has 2 aromatic rings. The molecule has 1 heterocycles. The molecule has 1 aliphatic rings. The van der Waals surface area contributed by atoms with Crippen LogP contribution in [-0.2, 0) is 0 Å². The lowest BCUT2D eigenvalue weighted by Gasteiger charge is -2.23. The van der Waals surface area contributed by atoms with Gasteiger partial charge in [0.15, 0.2) is 5.96 Å². The van der Waals surface area contributed by atoms with Crippen LogP contribution < -0.4 is 10.6 Å². The van der Waals surface area contributed by atoms with Gasteiger partial charge in [-0.1, -0.05) is 18.2 Å². The van der Waals surface area contributed by atoms with Crippen LogP contribution in [0.1, 0.15) is 37.7 Å². The Kier molecular flexibility index (Phi) is 8.78. The van der Waals surface area contributed by atoms with Crippen molar-refractivity contribution in [2.24, 2.45) is 4.99 Å². The number of rotatable bonds is 8. The summed E-state index contributed by atoms with van der Waals surface area (Å²) in [6.07, 6.45) is 2.08. The van der Waals surface area contributed by atoms with E-state index < -0.39 is 6.10 Å². The van der Waals surface area contributed by atoms with E-state index in [9.17, 15) is 5.11 Å². The highest BCUT2D eigenvalue weighted by Gasteiger charge is 2.28. The van der Waals surface area contributed by atoms with Gasteiger partial charge < -0.3 is 15.7 Å². The summed E-state index contributed by atoms with van der Waals surface area (Å²) in [7, 11) is 2.18. The Morgan fingerprint density at radius 2 is 2.07 bits per heavy atom. The predicted octanol–water partition coefficient (Wildman–Crippen LogP) is 3.59. The van der Waals surface area contributed by atoms with Gasteiger partial charge in [-0.3, -0.25) is 9.89 Å². The third kappa shape index (κ3) is 6.30. The fraction of sp³-hybridized carbons (Fsp3) is 0.550. The Balaban J connectivity index is 0.00000261. The smallest absolute Gasteiger partial charge is 0.191 e. The molecule has 7 heteroatoms. The second-order valence-electron chi connectivity index (χ2n) is 7.05. The van der Waals surface area contributed by atoms with Gasteiger partial charge in [0.1, 0.15) is 6.10 Å². The molecule has 1 fully saturated rings. The van der Waals surface area contributed by atoms with Crippen molar-refractivity contribution in [3.05, 3.63) is 35.2 Å². The van der Waals surface area contributed by atoms with E-state index in [-0.39, 0.29) is 24.0 Å². The Morgan fingerprint density at radius 1 is 1.33 bits per heavy atom. The summed E-state index contributed by atoms with van der Waals surface area (Å²) < 4.78 is 1.21. The monoisotopic (exact) mass is 502 g/mol. The van der Waals surface area contributed by atoms with Crippen molar-refractivity contribution in [3.63, 3.8) is 0 Å². The summed E-state index contributed by atoms with van der Waals surface area (Å²) in [5.74, 6) is 0.767. The van der Waals surface area contributed by atoms with Gasteiger partial charge >= 0.3 is 0 Å². The molecule has 1 saturated carbocycles. The van der Waals surface area contributed by atoms with Crippen LogP contribution in [0, 0.1) is 0 Å². The van der Waals surface area contributed by atoms with Gasteiger partial charge in [-0.05, 0) is 51.3 Å². The molecule has 1 aliphatic carbocycles. The largest absolute Gasteiger partial charge is 0.386 e. The standard InChI is InChI=1S/C20H30N4OS.HI/c1-4-21-20(22-12-14(2)24(3)16-9-10-16)23-13-17(25)19-11-15-7-5-6-8-18(15)26-19;/h5-8,11,14,16-17,25H,4,9-10,12-13H2,1-3H3,(H2,21,22,23);1H. The number of aliphatic imine (C=N–C) groups is 1. The molecule has 27 heavy (non-hydrogen) atoms. The van der Waals surface area contributed by atoms with Gasteiger partial charge in [-0.25, -0.2) is 0 Å². The predicted molar refractivity (Wildman–Crippen MR) is 126 cm³/mol. The summed E-state index contributed by atoms with van der Waals surface area (Å²) in [4.78, 5) is 8.10. The van der Waals surface area contributed by atoms with Crippen molar-refractivity contribution in [1.29, 1.82) is 0 Å². The van der Waals surface area contributed by atoms with E-state index in [1.165, 1.54) is 22.9 Å². The second-order valence-corrected chi connectivity index (χ2v) is 8.16. The Morgan fingerprint density at radius 3 is 2.74 bits per heavy atom. The summed E-state index contributed by atoms with van der Waals surface area (Å²) in [5, 5.41) is 18.3. The van der Waals surface area contributed by atoms with Crippen molar-refractivity contribution < 1.29 is 5.11 Å². The number of hydrogen-bond acceptors (Lipinski definition) is 4. The zero-order chi connectivity index (χ0) is 18.5. The Labute approximate surface area is 183 Å². The molecular weight excluding hydrogens is 471 g/mol. The van der Waals surface area contributed by atoms with Crippen molar-refractivity contribution >= 4 is 51.4 Å². The normalized spacial score (nSPS) is 16.9. The number of benzene rings is 1. The van der Waals surface area contributed by atoms with Crippen LogP contribution >= 0.6 is 35.3 Å². The highest BCUT2D eigenvalue weighted by Crippen LogP contribution is 2.29. The number of hydrogen-bond donors (Lipinski definition) is 3. The van der Waals surface area contributed by atoms with Crippen molar-refractivity contribution in [3.8, 4) is 0 Å².